The number of fused-ring (bicyclic) bond motifs is 1. The van der Waals surface area contributed by atoms with Gasteiger partial charge in [-0.1, -0.05) is 0 Å². The summed E-state index contributed by atoms with van der Waals surface area (Å²) in [7, 11) is 1.68. The third-order valence-corrected chi connectivity index (χ3v) is 3.25. The minimum Gasteiger partial charge on any atom is -0.399 e. The van der Waals surface area contributed by atoms with Crippen LogP contribution in [0, 0.1) is 0 Å². The number of methoxy groups -OCH3 is 1. The van der Waals surface area contributed by atoms with Gasteiger partial charge in [0.05, 0.1) is 24.2 Å². The fourth-order valence-corrected chi connectivity index (χ4v) is 2.16. The Bertz CT molecular complexity index is 541. The van der Waals surface area contributed by atoms with Crippen molar-refractivity contribution in [1.29, 1.82) is 0 Å². The number of nitrogens with two attached hydrogens (primary N) is 1. The second-order valence-corrected chi connectivity index (χ2v) is 4.77. The van der Waals surface area contributed by atoms with Crippen LogP contribution in [0.15, 0.2) is 18.2 Å². The third kappa shape index (κ3) is 3.93. The monoisotopic (exact) mass is 278 g/mol. The van der Waals surface area contributed by atoms with Crippen molar-refractivity contribution >= 4 is 16.7 Å². The minimum atomic E-state index is 0.153. The van der Waals surface area contributed by atoms with Crippen molar-refractivity contribution < 1.29 is 9.84 Å². The smallest absolute Gasteiger partial charge is 0.108 e. The molecule has 0 atom stereocenters. The van der Waals surface area contributed by atoms with E-state index < -0.39 is 0 Å². The summed E-state index contributed by atoms with van der Waals surface area (Å²) in [5, 5.41) is 9.06. The molecule has 0 unspecified atom stereocenters. The molecule has 110 valence electrons. The van der Waals surface area contributed by atoms with Gasteiger partial charge in [-0.05, 0) is 18.2 Å². The first-order chi connectivity index (χ1) is 9.72. The van der Waals surface area contributed by atoms with Crippen LogP contribution < -0.4 is 5.73 Å². The number of aliphatic hydroxyl groups is 1. The largest absolute Gasteiger partial charge is 0.399 e. The van der Waals surface area contributed by atoms with Gasteiger partial charge in [0, 0.05) is 38.9 Å². The molecule has 0 saturated carbocycles. The van der Waals surface area contributed by atoms with Crippen LogP contribution in [0.2, 0.25) is 0 Å². The number of ether oxygens (including phenoxy) is 1. The number of nitrogens with one attached hydrogen (secondary N) is 1. The highest BCUT2D eigenvalue weighted by Crippen LogP contribution is 2.15. The van der Waals surface area contributed by atoms with E-state index in [-0.39, 0.29) is 6.61 Å². The van der Waals surface area contributed by atoms with Crippen molar-refractivity contribution in [1.82, 2.24) is 14.9 Å². The zero-order chi connectivity index (χ0) is 14.4. The molecule has 0 saturated heterocycles. The summed E-state index contributed by atoms with van der Waals surface area (Å²) in [4.78, 5) is 9.97. The van der Waals surface area contributed by atoms with Gasteiger partial charge in [-0.15, -0.1) is 0 Å². The van der Waals surface area contributed by atoms with E-state index >= 15 is 0 Å². The molecular weight excluding hydrogens is 256 g/mol. The van der Waals surface area contributed by atoms with E-state index in [4.69, 9.17) is 15.6 Å². The predicted molar refractivity (Wildman–Crippen MR) is 79.6 cm³/mol. The maximum atomic E-state index is 9.06. The number of nitrogen functional groups attached to an aromatic ring is 1. The lowest BCUT2D eigenvalue weighted by atomic mass is 10.3. The average molecular weight is 278 g/mol. The summed E-state index contributed by atoms with van der Waals surface area (Å²) in [5.41, 5.74) is 8.38. The molecule has 0 aliphatic carbocycles. The lowest BCUT2D eigenvalue weighted by Gasteiger charge is -2.19. The summed E-state index contributed by atoms with van der Waals surface area (Å²) in [6, 6.07) is 5.66. The lowest BCUT2D eigenvalue weighted by Crippen LogP contribution is -2.32. The highest BCUT2D eigenvalue weighted by molar-refractivity contribution is 5.78. The first-order valence-electron chi connectivity index (χ1n) is 6.79. The number of benzene rings is 1. The molecule has 0 fully saturated rings. The summed E-state index contributed by atoms with van der Waals surface area (Å²) in [6.45, 7) is 3.11. The maximum Gasteiger partial charge on any atom is 0.108 e. The van der Waals surface area contributed by atoms with Crippen molar-refractivity contribution in [2.24, 2.45) is 0 Å². The van der Waals surface area contributed by atoms with Gasteiger partial charge in [0.25, 0.3) is 0 Å². The average Bonchev–Trinajstić information content (AvgIpc) is 2.83. The van der Waals surface area contributed by atoms with Gasteiger partial charge >= 0.3 is 0 Å². The van der Waals surface area contributed by atoms with Crippen molar-refractivity contribution in [2.45, 2.75) is 6.42 Å². The number of imidazole rings is 1. The van der Waals surface area contributed by atoms with Crippen molar-refractivity contribution in [2.75, 3.05) is 45.7 Å². The molecule has 6 heteroatoms. The molecule has 0 aliphatic rings. The Morgan fingerprint density at radius 3 is 2.95 bits per heavy atom. The lowest BCUT2D eigenvalue weighted by molar-refractivity contribution is 0.131. The molecule has 0 bridgehead atoms. The summed E-state index contributed by atoms with van der Waals surface area (Å²) in [6.07, 6.45) is 0.804. The van der Waals surface area contributed by atoms with Crippen LogP contribution in [0.5, 0.6) is 0 Å². The first kappa shape index (κ1) is 14.8. The van der Waals surface area contributed by atoms with Gasteiger partial charge < -0.3 is 20.6 Å². The highest BCUT2D eigenvalue weighted by atomic mass is 16.5. The van der Waals surface area contributed by atoms with E-state index in [1.165, 1.54) is 0 Å². The van der Waals surface area contributed by atoms with Gasteiger partial charge in [0.1, 0.15) is 5.82 Å². The quantitative estimate of drug-likeness (QED) is 0.616. The van der Waals surface area contributed by atoms with Gasteiger partial charge in [-0.3, -0.25) is 4.90 Å². The van der Waals surface area contributed by atoms with Crippen LogP contribution in [0.25, 0.3) is 11.0 Å². The SMILES string of the molecule is COCCN(CCO)CCc1nc2ccc(N)cc2[nH]1. The van der Waals surface area contributed by atoms with Gasteiger partial charge in [-0.2, -0.15) is 0 Å². The van der Waals surface area contributed by atoms with Gasteiger partial charge in [0.15, 0.2) is 0 Å². The predicted octanol–water partition coefficient (Wildman–Crippen LogP) is 0.628. The topological polar surface area (TPSA) is 87.4 Å². The number of aliphatic hydroxyl groups excluding tert-OH is 1. The summed E-state index contributed by atoms with van der Waals surface area (Å²) in [5.74, 6) is 0.936. The van der Waals surface area contributed by atoms with Gasteiger partial charge in [-0.25, -0.2) is 4.98 Å². The molecule has 1 heterocycles. The van der Waals surface area contributed by atoms with Crippen LogP contribution in [0.1, 0.15) is 5.82 Å². The Kier molecular flexibility index (Phi) is 5.34. The third-order valence-electron chi connectivity index (χ3n) is 3.25. The number of rotatable bonds is 8. The minimum absolute atomic E-state index is 0.153. The van der Waals surface area contributed by atoms with Crippen LogP contribution in [0.3, 0.4) is 0 Å². The van der Waals surface area contributed by atoms with Crippen molar-refractivity contribution in [3.05, 3.63) is 24.0 Å². The highest BCUT2D eigenvalue weighted by Gasteiger charge is 2.07. The standard InChI is InChI=1S/C14H22N4O2/c1-20-9-7-18(6-8-19)5-4-14-16-12-3-2-11(15)10-13(12)17-14/h2-3,10,19H,4-9,15H2,1H3,(H,16,17). The van der Waals surface area contributed by atoms with Crippen LogP contribution in [0.4, 0.5) is 5.69 Å². The van der Waals surface area contributed by atoms with Crippen molar-refractivity contribution in [3.63, 3.8) is 0 Å². The van der Waals surface area contributed by atoms with Crippen LogP contribution >= 0.6 is 0 Å². The molecule has 2 aromatic rings. The number of hydrogen-bond donors (Lipinski definition) is 3. The van der Waals surface area contributed by atoms with E-state index in [2.05, 4.69) is 14.9 Å². The fourth-order valence-electron chi connectivity index (χ4n) is 2.16. The normalized spacial score (nSPS) is 11.6. The van der Waals surface area contributed by atoms with E-state index in [0.717, 1.165) is 42.1 Å². The van der Waals surface area contributed by atoms with Crippen molar-refractivity contribution in [3.8, 4) is 0 Å². The Labute approximate surface area is 118 Å². The molecular formula is C14H22N4O2. The Morgan fingerprint density at radius 2 is 2.20 bits per heavy atom. The second-order valence-electron chi connectivity index (χ2n) is 4.77. The van der Waals surface area contributed by atoms with E-state index in [1.54, 1.807) is 7.11 Å². The molecule has 1 aromatic carbocycles. The number of H-pyrrole nitrogens is 1. The maximum absolute atomic E-state index is 9.06. The van der Waals surface area contributed by atoms with Gasteiger partial charge in [0.2, 0.25) is 0 Å². The molecule has 0 amide bonds. The number of anilines is 1. The second kappa shape index (κ2) is 7.23. The number of nitrogens with zero attached hydrogens (tertiary/aromatic N) is 2. The first-order valence-corrected chi connectivity index (χ1v) is 6.79. The Morgan fingerprint density at radius 1 is 1.35 bits per heavy atom. The fraction of sp³-hybridized carbons (Fsp3) is 0.500. The van der Waals surface area contributed by atoms with E-state index in [9.17, 15) is 0 Å². The number of aromatic nitrogens is 2. The Balaban J connectivity index is 1.96. The molecule has 0 spiro atoms. The zero-order valence-electron chi connectivity index (χ0n) is 11.8. The molecule has 4 N–H and O–H groups in total. The summed E-state index contributed by atoms with van der Waals surface area (Å²) >= 11 is 0. The van der Waals surface area contributed by atoms with Crippen LogP contribution in [-0.2, 0) is 11.2 Å². The number of hydrogen-bond acceptors (Lipinski definition) is 5. The molecule has 0 radical (unpaired) electrons. The molecule has 0 aliphatic heterocycles. The van der Waals surface area contributed by atoms with E-state index in [0.29, 0.717) is 13.2 Å². The molecule has 1 aromatic heterocycles. The van der Waals surface area contributed by atoms with E-state index in [1.807, 2.05) is 18.2 Å². The molecule has 6 nitrogen and oxygen atoms in total. The van der Waals surface area contributed by atoms with Crippen LogP contribution in [-0.4, -0.2) is 59.9 Å². The molecule has 20 heavy (non-hydrogen) atoms. The number of aromatic amines is 1. The summed E-state index contributed by atoms with van der Waals surface area (Å²) < 4.78 is 5.07. The zero-order valence-corrected chi connectivity index (χ0v) is 11.8. The Hall–Kier alpha value is -1.63. The molecule has 2 rings (SSSR count).